The number of carboxylic acid groups (broad SMARTS) is 3. The Morgan fingerprint density at radius 2 is 1.14 bits per heavy atom. The van der Waals surface area contributed by atoms with Gasteiger partial charge in [0.05, 0.1) is 57.6 Å². The van der Waals surface area contributed by atoms with Gasteiger partial charge in [-0.2, -0.15) is 0 Å². The Balaban J connectivity index is 2.31. The van der Waals surface area contributed by atoms with Gasteiger partial charge < -0.3 is 49.7 Å². The summed E-state index contributed by atoms with van der Waals surface area (Å²) in [5.74, 6) is -4.14. The highest BCUT2D eigenvalue weighted by atomic mass is 16.5. The number of carbonyl (C=O) groups excluding carboxylic acids is 3. The van der Waals surface area contributed by atoms with Crippen LogP contribution in [0.25, 0.3) is 0 Å². The van der Waals surface area contributed by atoms with Gasteiger partial charge in [-0.25, -0.2) is 0 Å². The Kier molecular flexibility index (Phi) is 19.8. The summed E-state index contributed by atoms with van der Waals surface area (Å²) in [5.41, 5.74) is 1.09. The van der Waals surface area contributed by atoms with Crippen molar-refractivity contribution in [2.24, 2.45) is 0 Å². The lowest BCUT2D eigenvalue weighted by Gasteiger charge is -2.40. The average Bonchev–Trinajstić information content (AvgIpc) is 3.08. The third-order valence-corrected chi connectivity index (χ3v) is 9.17. The van der Waals surface area contributed by atoms with Gasteiger partial charge in [-0.05, 0) is 43.4 Å². The van der Waals surface area contributed by atoms with Crippen LogP contribution in [0.1, 0.15) is 44.6 Å². The molecule has 284 valence electrons. The first kappa shape index (κ1) is 42.8. The van der Waals surface area contributed by atoms with Gasteiger partial charge in [0.25, 0.3) is 0 Å². The molecule has 4 atom stereocenters. The molecule has 50 heavy (non-hydrogen) atoms. The number of carbonyl (C=O) groups is 4. The summed E-state index contributed by atoms with van der Waals surface area (Å²) in [6.07, 6.45) is 4.28. The third-order valence-electron chi connectivity index (χ3n) is 9.17. The van der Waals surface area contributed by atoms with Crippen molar-refractivity contribution in [1.29, 1.82) is 0 Å². The second-order valence-electron chi connectivity index (χ2n) is 12.3. The summed E-state index contributed by atoms with van der Waals surface area (Å²) in [4.78, 5) is 55.1. The summed E-state index contributed by atoms with van der Waals surface area (Å²) in [6, 6.07) is 2.77. The molecule has 0 aliphatic carbocycles. The second kappa shape index (κ2) is 23.2. The maximum absolute atomic E-state index is 12.7. The van der Waals surface area contributed by atoms with Crippen LogP contribution in [0.15, 0.2) is 24.3 Å². The van der Waals surface area contributed by atoms with E-state index in [-0.39, 0.29) is 58.8 Å². The molecule has 0 bridgehead atoms. The van der Waals surface area contributed by atoms with Crippen LogP contribution in [0, 0.1) is 0 Å². The molecular formula is C34H54N4O12-2. The van der Waals surface area contributed by atoms with Crippen molar-refractivity contribution in [1.82, 2.24) is 19.6 Å². The molecule has 2 rings (SSSR count). The molecule has 16 heteroatoms. The molecule has 0 radical (unpaired) electrons. The molecular weight excluding hydrogens is 656 g/mol. The molecule has 16 nitrogen and oxygen atoms in total. The minimum absolute atomic E-state index is 0.00202. The molecule has 1 fully saturated rings. The van der Waals surface area contributed by atoms with E-state index in [2.05, 4.69) is 6.92 Å². The number of aliphatic hydroxyl groups excluding tert-OH is 3. The molecule has 1 aliphatic heterocycles. The number of carboxylic acids is 3. The average molecular weight is 711 g/mol. The molecule has 0 spiro atoms. The maximum atomic E-state index is 12.7. The van der Waals surface area contributed by atoms with Crippen molar-refractivity contribution in [3.8, 4) is 5.75 Å². The zero-order valence-corrected chi connectivity index (χ0v) is 29.2. The van der Waals surface area contributed by atoms with Gasteiger partial charge in [-0.15, -0.1) is 0 Å². The number of nitrogens with zero attached hydrogens (tertiary/aromatic N) is 4. The zero-order chi connectivity index (χ0) is 37.1. The first-order chi connectivity index (χ1) is 24.0. The quantitative estimate of drug-likeness (QED) is 0.0782. The normalized spacial score (nSPS) is 18.6. The summed E-state index contributed by atoms with van der Waals surface area (Å²) in [6.45, 7) is 0.445. The lowest BCUT2D eigenvalue weighted by Crippen LogP contribution is -2.59. The van der Waals surface area contributed by atoms with E-state index in [1.165, 1.54) is 9.80 Å². The number of ether oxygens (including phenoxy) is 2. The predicted molar refractivity (Wildman–Crippen MR) is 177 cm³/mol. The standard InChI is InChI=1S/C34H56N4O12/c1-3-4-21-50-26-11-9-25(10-12-26)7-5-6-8-27(31(42)43)35-13-15-36(28(22-39)32(44)45)16-17-37(29(23-40)33(46)47)18-20-38(19-14-35)30(24-41)34(48)49-2/h9-12,27-30,39-41H,3-8,13-24H2,1-2H3,(H,42,43)(H,44,45)(H,46,47)/p-2/t27-,28-,29-,30-/m0/s1. The van der Waals surface area contributed by atoms with Crippen molar-refractivity contribution in [2.45, 2.75) is 69.6 Å². The van der Waals surface area contributed by atoms with Crippen LogP contribution < -0.4 is 14.9 Å². The third kappa shape index (κ3) is 13.7. The highest BCUT2D eigenvalue weighted by molar-refractivity contribution is 5.76. The Morgan fingerprint density at radius 1 is 0.700 bits per heavy atom. The number of benzene rings is 1. The van der Waals surface area contributed by atoms with Gasteiger partial charge in [0.2, 0.25) is 0 Å². The van der Waals surface area contributed by atoms with Crippen LogP contribution in [0.5, 0.6) is 5.75 Å². The van der Waals surface area contributed by atoms with Gasteiger partial charge in [-0.1, -0.05) is 31.9 Å². The van der Waals surface area contributed by atoms with Gasteiger partial charge in [-0.3, -0.25) is 29.2 Å². The molecule has 1 aromatic rings. The van der Waals surface area contributed by atoms with Crippen LogP contribution in [0.4, 0.5) is 0 Å². The highest BCUT2D eigenvalue weighted by Gasteiger charge is 2.32. The molecule has 0 unspecified atom stereocenters. The minimum Gasteiger partial charge on any atom is -0.548 e. The Bertz CT molecular complexity index is 1170. The number of aryl methyl sites for hydroxylation is 1. The van der Waals surface area contributed by atoms with Crippen molar-refractivity contribution in [2.75, 3.05) is 85.9 Å². The Morgan fingerprint density at radius 3 is 1.52 bits per heavy atom. The number of hydrogen-bond acceptors (Lipinski definition) is 15. The number of esters is 1. The number of unbranched alkanes of at least 4 members (excludes halogenated alkanes) is 2. The lowest BCUT2D eigenvalue weighted by molar-refractivity contribution is -0.315. The van der Waals surface area contributed by atoms with E-state index in [9.17, 15) is 49.8 Å². The van der Waals surface area contributed by atoms with E-state index in [0.29, 0.717) is 19.4 Å². The lowest BCUT2D eigenvalue weighted by atomic mass is 10.0. The highest BCUT2D eigenvalue weighted by Crippen LogP contribution is 2.18. The van der Waals surface area contributed by atoms with E-state index >= 15 is 0 Å². The van der Waals surface area contributed by atoms with Crippen LogP contribution in [0.3, 0.4) is 0 Å². The smallest absolute Gasteiger partial charge is 0.325 e. The van der Waals surface area contributed by atoms with Gasteiger partial charge in [0, 0.05) is 52.4 Å². The van der Waals surface area contributed by atoms with Crippen LogP contribution in [-0.2, 0) is 30.3 Å². The van der Waals surface area contributed by atoms with Crippen LogP contribution in [-0.4, -0.2) is 174 Å². The van der Waals surface area contributed by atoms with Crippen molar-refractivity contribution in [3.05, 3.63) is 29.8 Å². The second-order valence-corrected chi connectivity index (χ2v) is 12.3. The van der Waals surface area contributed by atoms with E-state index < -0.39 is 67.9 Å². The largest absolute Gasteiger partial charge is 0.548 e. The van der Waals surface area contributed by atoms with Crippen molar-refractivity contribution < 1.29 is 59.3 Å². The zero-order valence-electron chi connectivity index (χ0n) is 29.2. The first-order valence-corrected chi connectivity index (χ1v) is 17.2. The molecule has 0 saturated carbocycles. The minimum atomic E-state index is -1.56. The van der Waals surface area contributed by atoms with Crippen LogP contribution >= 0.6 is 0 Å². The molecule has 0 aromatic heterocycles. The Labute approximate surface area is 293 Å². The fourth-order valence-electron chi connectivity index (χ4n) is 6.09. The van der Waals surface area contributed by atoms with E-state index in [1.807, 2.05) is 24.3 Å². The van der Waals surface area contributed by atoms with Crippen molar-refractivity contribution >= 4 is 23.9 Å². The summed E-state index contributed by atoms with van der Waals surface area (Å²) >= 11 is 0. The van der Waals surface area contributed by atoms with E-state index in [1.54, 1.807) is 9.80 Å². The van der Waals surface area contributed by atoms with Crippen molar-refractivity contribution in [3.63, 3.8) is 0 Å². The van der Waals surface area contributed by atoms with Gasteiger partial charge in [0.1, 0.15) is 17.8 Å². The fourth-order valence-corrected chi connectivity index (χ4v) is 6.09. The predicted octanol–water partition coefficient (Wildman–Crippen LogP) is -2.99. The van der Waals surface area contributed by atoms with E-state index in [0.717, 1.165) is 37.7 Å². The van der Waals surface area contributed by atoms with E-state index in [4.69, 9.17) is 9.47 Å². The number of rotatable bonds is 20. The molecule has 1 aliphatic rings. The molecule has 4 N–H and O–H groups in total. The SMILES string of the molecule is CCCCOc1ccc(CCCC[C@@H](C(=O)O)N2CCN([C@@H](CO)C(=O)[O-])CCN([C@@H](CO)C(=O)[O-])CCN([C@@H](CO)C(=O)OC)CC2)cc1. The molecule has 0 amide bonds. The maximum Gasteiger partial charge on any atom is 0.325 e. The number of aliphatic carboxylic acids is 3. The first-order valence-electron chi connectivity index (χ1n) is 17.2. The molecule has 1 saturated heterocycles. The van der Waals surface area contributed by atoms with Crippen LogP contribution in [0.2, 0.25) is 0 Å². The van der Waals surface area contributed by atoms with Gasteiger partial charge in [0.15, 0.2) is 0 Å². The number of hydrogen-bond donors (Lipinski definition) is 4. The fraction of sp³-hybridized carbons (Fsp3) is 0.706. The monoisotopic (exact) mass is 710 g/mol. The summed E-state index contributed by atoms with van der Waals surface area (Å²) in [5, 5.41) is 64.0. The summed E-state index contributed by atoms with van der Waals surface area (Å²) in [7, 11) is 1.16. The summed E-state index contributed by atoms with van der Waals surface area (Å²) < 4.78 is 10.6. The molecule has 1 aromatic carbocycles. The number of methoxy groups -OCH3 is 1. The number of aliphatic hydroxyl groups is 3. The topological polar surface area (TPSA) is 227 Å². The Hall–Kier alpha value is -3.38. The van der Waals surface area contributed by atoms with Gasteiger partial charge >= 0.3 is 11.9 Å². The molecule has 1 heterocycles.